The van der Waals surface area contributed by atoms with Crippen LogP contribution < -0.4 is 10.1 Å². The van der Waals surface area contributed by atoms with Crippen LogP contribution in [0, 0.1) is 0 Å². The third kappa shape index (κ3) is 4.50. The first-order valence-electron chi connectivity index (χ1n) is 7.67. The van der Waals surface area contributed by atoms with E-state index < -0.39 is 0 Å². The quantitative estimate of drug-likeness (QED) is 0.750. The molecule has 3 nitrogen and oxygen atoms in total. The highest BCUT2D eigenvalue weighted by Crippen LogP contribution is 2.21. The van der Waals surface area contributed by atoms with Crippen LogP contribution in [0.2, 0.25) is 0 Å². The molecule has 0 bridgehead atoms. The Labute approximate surface area is 124 Å². The van der Waals surface area contributed by atoms with Gasteiger partial charge >= 0.3 is 0 Å². The zero-order valence-electron chi connectivity index (χ0n) is 13.6. The highest BCUT2D eigenvalue weighted by Gasteiger charge is 2.22. The van der Waals surface area contributed by atoms with Crippen LogP contribution in [-0.4, -0.2) is 38.2 Å². The fourth-order valence-electron chi connectivity index (χ4n) is 2.96. The third-order valence-corrected chi connectivity index (χ3v) is 4.03. The lowest BCUT2D eigenvalue weighted by atomic mass is 9.99. The van der Waals surface area contributed by atoms with E-state index in [1.165, 1.54) is 18.4 Å². The molecule has 0 aliphatic carbocycles. The number of hydrogen-bond acceptors (Lipinski definition) is 3. The summed E-state index contributed by atoms with van der Waals surface area (Å²) in [7, 11) is 6.02. The summed E-state index contributed by atoms with van der Waals surface area (Å²) in [6.07, 6.45) is 3.58. The second-order valence-electron chi connectivity index (χ2n) is 5.39. The number of hydrogen-bond donors (Lipinski definition) is 1. The van der Waals surface area contributed by atoms with E-state index in [-0.39, 0.29) is 0 Å². The topological polar surface area (TPSA) is 24.5 Å². The summed E-state index contributed by atoms with van der Waals surface area (Å²) in [5, 5.41) is 3.48. The van der Waals surface area contributed by atoms with Gasteiger partial charge in [0.1, 0.15) is 5.75 Å². The van der Waals surface area contributed by atoms with E-state index >= 15 is 0 Å². The molecule has 0 aromatic heterocycles. The van der Waals surface area contributed by atoms with Gasteiger partial charge in [0.05, 0.1) is 7.11 Å². The number of likely N-dealkylation sites (N-methyl/N-ethyl adjacent to an activating group) is 2. The molecule has 1 aromatic carbocycles. The summed E-state index contributed by atoms with van der Waals surface area (Å²) >= 11 is 0. The largest absolute Gasteiger partial charge is 0.496 e. The summed E-state index contributed by atoms with van der Waals surface area (Å²) in [6, 6.07) is 9.37. The number of benzene rings is 1. The van der Waals surface area contributed by atoms with Crippen LogP contribution in [0.25, 0.3) is 0 Å². The average molecular weight is 278 g/mol. The van der Waals surface area contributed by atoms with Crippen molar-refractivity contribution >= 4 is 0 Å². The van der Waals surface area contributed by atoms with Crippen molar-refractivity contribution in [2.24, 2.45) is 0 Å². The van der Waals surface area contributed by atoms with Crippen molar-refractivity contribution in [2.75, 3.05) is 21.2 Å². The standard InChI is InChI=1S/C17H30N2O/c1-6-10-15(18-3)16(7-2)19(4)13-14-11-8-9-12-17(14)20-5/h8-9,11-12,15-16,18H,6-7,10,13H2,1-5H3. The Kier molecular flexibility index (Phi) is 7.63. The Hall–Kier alpha value is -1.06. The van der Waals surface area contributed by atoms with E-state index in [4.69, 9.17) is 4.74 Å². The van der Waals surface area contributed by atoms with Crippen LogP contribution in [0.5, 0.6) is 5.75 Å². The molecule has 0 spiro atoms. The van der Waals surface area contributed by atoms with E-state index in [1.54, 1.807) is 7.11 Å². The molecule has 1 N–H and O–H groups in total. The molecule has 114 valence electrons. The van der Waals surface area contributed by atoms with E-state index in [2.05, 4.69) is 50.3 Å². The van der Waals surface area contributed by atoms with Crippen LogP contribution in [0.1, 0.15) is 38.7 Å². The first-order chi connectivity index (χ1) is 9.67. The van der Waals surface area contributed by atoms with Gasteiger partial charge in [0, 0.05) is 24.2 Å². The summed E-state index contributed by atoms with van der Waals surface area (Å²) in [5.74, 6) is 0.978. The van der Waals surface area contributed by atoms with Crippen molar-refractivity contribution in [3.63, 3.8) is 0 Å². The Morgan fingerprint density at radius 1 is 1.25 bits per heavy atom. The number of nitrogens with zero attached hydrogens (tertiary/aromatic N) is 1. The van der Waals surface area contributed by atoms with Gasteiger partial charge in [-0.15, -0.1) is 0 Å². The van der Waals surface area contributed by atoms with Gasteiger partial charge in [-0.3, -0.25) is 4.90 Å². The Morgan fingerprint density at radius 2 is 1.95 bits per heavy atom. The first-order valence-corrected chi connectivity index (χ1v) is 7.67. The Morgan fingerprint density at radius 3 is 2.50 bits per heavy atom. The monoisotopic (exact) mass is 278 g/mol. The van der Waals surface area contributed by atoms with Crippen molar-refractivity contribution in [2.45, 2.75) is 51.7 Å². The summed E-state index contributed by atoms with van der Waals surface area (Å²) in [5.41, 5.74) is 1.25. The molecule has 0 fully saturated rings. The number of methoxy groups -OCH3 is 1. The zero-order chi connectivity index (χ0) is 15.0. The number of rotatable bonds is 9. The van der Waals surface area contributed by atoms with E-state index in [9.17, 15) is 0 Å². The molecule has 0 heterocycles. The summed E-state index contributed by atoms with van der Waals surface area (Å²) in [6.45, 7) is 5.44. The van der Waals surface area contributed by atoms with Crippen LogP contribution in [0.3, 0.4) is 0 Å². The molecule has 0 radical (unpaired) electrons. The van der Waals surface area contributed by atoms with Crippen LogP contribution >= 0.6 is 0 Å². The second-order valence-corrected chi connectivity index (χ2v) is 5.39. The molecule has 20 heavy (non-hydrogen) atoms. The van der Waals surface area contributed by atoms with E-state index in [0.29, 0.717) is 12.1 Å². The predicted molar refractivity (Wildman–Crippen MR) is 86.3 cm³/mol. The molecule has 3 heteroatoms. The van der Waals surface area contributed by atoms with Gasteiger partial charge in [0.25, 0.3) is 0 Å². The average Bonchev–Trinajstić information content (AvgIpc) is 2.47. The fourth-order valence-corrected chi connectivity index (χ4v) is 2.96. The van der Waals surface area contributed by atoms with Gasteiger partial charge < -0.3 is 10.1 Å². The molecule has 0 saturated carbocycles. The molecule has 0 aliphatic heterocycles. The van der Waals surface area contributed by atoms with Gasteiger partial charge in [-0.1, -0.05) is 38.5 Å². The molecule has 2 unspecified atom stereocenters. The molecular formula is C17H30N2O. The molecule has 0 aliphatic rings. The van der Waals surface area contributed by atoms with Crippen LogP contribution in [0.15, 0.2) is 24.3 Å². The SMILES string of the molecule is CCCC(NC)C(CC)N(C)Cc1ccccc1OC. The van der Waals surface area contributed by atoms with Gasteiger partial charge in [0.15, 0.2) is 0 Å². The van der Waals surface area contributed by atoms with Gasteiger partial charge in [-0.25, -0.2) is 0 Å². The van der Waals surface area contributed by atoms with Crippen molar-refractivity contribution in [1.82, 2.24) is 10.2 Å². The molecule has 1 rings (SSSR count). The zero-order valence-corrected chi connectivity index (χ0v) is 13.6. The van der Waals surface area contributed by atoms with Crippen molar-refractivity contribution in [3.05, 3.63) is 29.8 Å². The van der Waals surface area contributed by atoms with Gasteiger partial charge in [-0.2, -0.15) is 0 Å². The molecule has 2 atom stereocenters. The van der Waals surface area contributed by atoms with E-state index in [1.807, 2.05) is 12.1 Å². The van der Waals surface area contributed by atoms with Crippen molar-refractivity contribution in [3.8, 4) is 5.75 Å². The minimum absolute atomic E-state index is 0.546. The van der Waals surface area contributed by atoms with Crippen LogP contribution in [-0.2, 0) is 6.54 Å². The minimum atomic E-state index is 0.546. The maximum absolute atomic E-state index is 5.45. The maximum Gasteiger partial charge on any atom is 0.123 e. The summed E-state index contributed by atoms with van der Waals surface area (Å²) < 4.78 is 5.45. The molecule has 1 aromatic rings. The maximum atomic E-state index is 5.45. The highest BCUT2D eigenvalue weighted by molar-refractivity contribution is 5.33. The van der Waals surface area contributed by atoms with Crippen molar-refractivity contribution in [1.29, 1.82) is 0 Å². The molecular weight excluding hydrogens is 248 g/mol. The number of nitrogens with one attached hydrogen (secondary N) is 1. The smallest absolute Gasteiger partial charge is 0.123 e. The normalized spacial score (nSPS) is 14.3. The molecule has 0 saturated heterocycles. The van der Waals surface area contributed by atoms with Gasteiger partial charge in [-0.05, 0) is 33.0 Å². The fraction of sp³-hybridized carbons (Fsp3) is 0.647. The van der Waals surface area contributed by atoms with Gasteiger partial charge in [0.2, 0.25) is 0 Å². The third-order valence-electron chi connectivity index (χ3n) is 4.03. The lowest BCUT2D eigenvalue weighted by Gasteiger charge is -2.34. The van der Waals surface area contributed by atoms with Crippen LogP contribution in [0.4, 0.5) is 0 Å². The molecule has 0 amide bonds. The number of ether oxygens (including phenoxy) is 1. The Bertz CT molecular complexity index is 381. The lowest BCUT2D eigenvalue weighted by molar-refractivity contribution is 0.175. The van der Waals surface area contributed by atoms with Crippen molar-refractivity contribution < 1.29 is 4.74 Å². The van der Waals surface area contributed by atoms with E-state index in [0.717, 1.165) is 18.7 Å². The minimum Gasteiger partial charge on any atom is -0.496 e. The predicted octanol–water partition coefficient (Wildman–Crippen LogP) is 3.29. The summed E-state index contributed by atoms with van der Waals surface area (Å²) in [4.78, 5) is 2.44. The lowest BCUT2D eigenvalue weighted by Crippen LogP contribution is -2.46. The highest BCUT2D eigenvalue weighted by atomic mass is 16.5. The Balaban J connectivity index is 2.78. The second kappa shape index (κ2) is 8.98. The number of para-hydroxylation sites is 1. The first kappa shape index (κ1) is 17.0.